The highest BCUT2D eigenvalue weighted by Crippen LogP contribution is 2.71. The van der Waals surface area contributed by atoms with Crippen molar-refractivity contribution < 1.29 is 32.7 Å². The lowest BCUT2D eigenvalue weighted by Crippen LogP contribution is -2.31. The second-order valence-electron chi connectivity index (χ2n) is 8.33. The van der Waals surface area contributed by atoms with Crippen LogP contribution in [0.4, 0.5) is 0 Å². The Balaban J connectivity index is 2.26. The van der Waals surface area contributed by atoms with Crippen LogP contribution in [-0.2, 0) is 32.7 Å². The van der Waals surface area contributed by atoms with E-state index in [0.29, 0.717) is 27.8 Å². The fourth-order valence-electron chi connectivity index (χ4n) is 3.86. The number of carbonyl (C=O) groups excluding carboxylic acids is 2. The van der Waals surface area contributed by atoms with Crippen LogP contribution < -0.4 is 0 Å². The van der Waals surface area contributed by atoms with E-state index in [2.05, 4.69) is 6.58 Å². The molecule has 7 nitrogen and oxygen atoms in total. The first-order valence-electron chi connectivity index (χ1n) is 9.60. The lowest BCUT2D eigenvalue weighted by molar-refractivity contribution is -0.155. The van der Waals surface area contributed by atoms with Gasteiger partial charge in [0, 0.05) is 5.41 Å². The maximum atomic E-state index is 13.9. The van der Waals surface area contributed by atoms with E-state index < -0.39 is 31.1 Å². The highest BCUT2D eigenvalue weighted by Gasteiger charge is 2.52. The Labute approximate surface area is 176 Å². The molecule has 162 valence electrons. The Kier molecular flexibility index (Phi) is 6.10. The molecule has 0 N–H and O–H groups in total. The number of allylic oxidation sites excluding steroid dienone is 2. The fraction of sp³-hybridized carbons (Fsp3) is 0.455. The van der Waals surface area contributed by atoms with Crippen LogP contribution in [0.3, 0.4) is 0 Å². The quantitative estimate of drug-likeness (QED) is 0.388. The largest absolute Gasteiger partial charge is 0.468 e. The minimum Gasteiger partial charge on any atom is -0.468 e. The molecule has 1 unspecified atom stereocenters. The van der Waals surface area contributed by atoms with Crippen molar-refractivity contribution in [2.24, 2.45) is 11.3 Å². The molecule has 1 heterocycles. The number of methoxy groups -OCH3 is 2. The fourth-order valence-corrected chi connectivity index (χ4v) is 6.53. The second kappa shape index (κ2) is 8.14. The van der Waals surface area contributed by atoms with Gasteiger partial charge in [-0.3, -0.25) is 14.2 Å². The molecule has 1 aliphatic heterocycles. The molecule has 3 rings (SSSR count). The Hall–Kier alpha value is -2.21. The van der Waals surface area contributed by atoms with E-state index in [-0.39, 0.29) is 18.6 Å². The molecule has 0 bridgehead atoms. The van der Waals surface area contributed by atoms with Gasteiger partial charge in [-0.25, -0.2) is 0 Å². The zero-order valence-electron chi connectivity index (χ0n) is 17.9. The maximum absolute atomic E-state index is 13.9. The predicted molar refractivity (Wildman–Crippen MR) is 112 cm³/mol. The monoisotopic (exact) mass is 434 g/mol. The molecule has 30 heavy (non-hydrogen) atoms. The Morgan fingerprint density at radius 3 is 2.17 bits per heavy atom. The molecule has 1 atom stereocenters. The van der Waals surface area contributed by atoms with E-state index in [1.165, 1.54) is 14.2 Å². The number of rotatable bonds is 5. The standard InChI is InChI=1S/C22H27O7P/c1-13(2)16-17(18(20(23)26-5)21(24)27-6)14-9-7-8-10-15(14)19(16)30(25)28-11-22(3,4)12-29-30/h7-10,18-19H,1,11-12H2,2-6H3. The molecule has 1 fully saturated rings. The summed E-state index contributed by atoms with van der Waals surface area (Å²) in [5.74, 6) is -2.88. The van der Waals surface area contributed by atoms with Crippen molar-refractivity contribution in [3.63, 3.8) is 0 Å². The van der Waals surface area contributed by atoms with E-state index in [9.17, 15) is 14.2 Å². The van der Waals surface area contributed by atoms with Gasteiger partial charge in [0.2, 0.25) is 0 Å². The number of hydrogen-bond donors (Lipinski definition) is 0. The van der Waals surface area contributed by atoms with Gasteiger partial charge in [0.25, 0.3) is 0 Å². The van der Waals surface area contributed by atoms with Crippen LogP contribution in [0, 0.1) is 11.3 Å². The van der Waals surface area contributed by atoms with E-state index in [0.717, 1.165) is 0 Å². The van der Waals surface area contributed by atoms with Gasteiger partial charge in [-0.05, 0) is 29.2 Å². The van der Waals surface area contributed by atoms with Crippen LogP contribution >= 0.6 is 7.60 Å². The van der Waals surface area contributed by atoms with Crippen molar-refractivity contribution in [1.82, 2.24) is 0 Å². The molecule has 1 aromatic carbocycles. The lowest BCUT2D eigenvalue weighted by Gasteiger charge is -2.37. The van der Waals surface area contributed by atoms with Crippen molar-refractivity contribution in [3.05, 3.63) is 53.1 Å². The third kappa shape index (κ3) is 3.78. The Bertz CT molecular complexity index is 945. The molecule has 1 saturated heterocycles. The first kappa shape index (κ1) is 22.5. The van der Waals surface area contributed by atoms with Crippen molar-refractivity contribution in [2.45, 2.75) is 26.4 Å². The normalized spacial score (nSPS) is 21.9. The summed E-state index contributed by atoms with van der Waals surface area (Å²) in [6.45, 7) is 10.2. The summed E-state index contributed by atoms with van der Waals surface area (Å²) in [5.41, 5.74) is 1.60. The summed E-state index contributed by atoms with van der Waals surface area (Å²) in [7, 11) is -1.25. The molecule has 2 aliphatic rings. The van der Waals surface area contributed by atoms with E-state index in [1.807, 2.05) is 13.8 Å². The summed E-state index contributed by atoms with van der Waals surface area (Å²) < 4.78 is 35.3. The average molecular weight is 434 g/mol. The molecule has 0 saturated carbocycles. The third-order valence-corrected chi connectivity index (χ3v) is 7.46. The maximum Gasteiger partial charge on any atom is 0.342 e. The summed E-state index contributed by atoms with van der Waals surface area (Å²) >= 11 is 0. The van der Waals surface area contributed by atoms with Gasteiger partial charge >= 0.3 is 19.5 Å². The van der Waals surface area contributed by atoms with Gasteiger partial charge in [-0.1, -0.05) is 50.3 Å². The lowest BCUT2D eigenvalue weighted by atomic mass is 9.90. The topological polar surface area (TPSA) is 88.1 Å². The first-order valence-corrected chi connectivity index (χ1v) is 11.2. The van der Waals surface area contributed by atoms with Crippen LogP contribution in [0.1, 0.15) is 37.6 Å². The molecule has 0 amide bonds. The van der Waals surface area contributed by atoms with Gasteiger partial charge in [-0.2, -0.15) is 0 Å². The van der Waals surface area contributed by atoms with Gasteiger partial charge in [-0.15, -0.1) is 0 Å². The van der Waals surface area contributed by atoms with Crippen molar-refractivity contribution in [2.75, 3.05) is 27.4 Å². The minimum atomic E-state index is -3.66. The van der Waals surface area contributed by atoms with Crippen molar-refractivity contribution >= 4 is 25.1 Å². The number of ether oxygens (including phenoxy) is 2. The smallest absolute Gasteiger partial charge is 0.342 e. The highest BCUT2D eigenvalue weighted by molar-refractivity contribution is 7.54. The zero-order valence-corrected chi connectivity index (χ0v) is 18.8. The number of hydrogen-bond acceptors (Lipinski definition) is 7. The van der Waals surface area contributed by atoms with Crippen LogP contribution in [0.5, 0.6) is 0 Å². The molecule has 8 heteroatoms. The summed E-state index contributed by atoms with van der Waals surface area (Å²) in [6, 6.07) is 7.15. The Morgan fingerprint density at radius 1 is 1.13 bits per heavy atom. The summed E-state index contributed by atoms with van der Waals surface area (Å²) in [4.78, 5) is 25.2. The summed E-state index contributed by atoms with van der Waals surface area (Å²) in [6.07, 6.45) is 0. The van der Waals surface area contributed by atoms with Crippen LogP contribution in [0.15, 0.2) is 42.0 Å². The van der Waals surface area contributed by atoms with E-state index >= 15 is 0 Å². The minimum absolute atomic E-state index is 0.263. The molecule has 1 aromatic rings. The van der Waals surface area contributed by atoms with Gasteiger partial charge in [0.1, 0.15) is 5.66 Å². The predicted octanol–water partition coefficient (Wildman–Crippen LogP) is 4.30. The molecular weight excluding hydrogens is 407 g/mol. The second-order valence-corrected chi connectivity index (χ2v) is 10.4. The first-order chi connectivity index (χ1) is 14.1. The average Bonchev–Trinajstić information content (AvgIpc) is 3.06. The molecule has 0 spiro atoms. The molecule has 1 aliphatic carbocycles. The zero-order chi connectivity index (χ0) is 22.3. The molecule has 0 radical (unpaired) electrons. The number of fused-ring (bicyclic) bond motifs is 1. The van der Waals surface area contributed by atoms with Gasteiger partial charge < -0.3 is 18.5 Å². The highest BCUT2D eigenvalue weighted by atomic mass is 31.2. The molecular formula is C22H27O7P. The van der Waals surface area contributed by atoms with Gasteiger partial charge in [0.15, 0.2) is 5.92 Å². The van der Waals surface area contributed by atoms with Crippen molar-refractivity contribution in [1.29, 1.82) is 0 Å². The number of esters is 2. The van der Waals surface area contributed by atoms with Gasteiger partial charge in [0.05, 0.1) is 27.4 Å². The van der Waals surface area contributed by atoms with Crippen LogP contribution in [-0.4, -0.2) is 39.4 Å². The summed E-state index contributed by atoms with van der Waals surface area (Å²) in [5, 5.41) is 0. The number of benzene rings is 1. The van der Waals surface area contributed by atoms with Crippen LogP contribution in [0.2, 0.25) is 0 Å². The third-order valence-electron chi connectivity index (χ3n) is 5.32. The van der Waals surface area contributed by atoms with E-state index in [1.54, 1.807) is 31.2 Å². The van der Waals surface area contributed by atoms with E-state index in [4.69, 9.17) is 18.5 Å². The van der Waals surface area contributed by atoms with Crippen LogP contribution in [0.25, 0.3) is 5.57 Å². The van der Waals surface area contributed by atoms with Crippen molar-refractivity contribution in [3.8, 4) is 0 Å². The number of carbonyl (C=O) groups is 2. The molecule has 0 aromatic heterocycles. The SMILES string of the molecule is C=C(C)C1=C(C(C(=O)OC)C(=O)OC)c2ccccc2C1P1(=O)OCC(C)(C)CO1. The Morgan fingerprint density at radius 2 is 1.67 bits per heavy atom.